The van der Waals surface area contributed by atoms with Crippen LogP contribution in [0.15, 0.2) is 48.5 Å². The quantitative estimate of drug-likeness (QED) is 0.762. The van der Waals surface area contributed by atoms with Gasteiger partial charge in [-0.2, -0.15) is 0 Å². The normalized spacial score (nSPS) is 16.9. The van der Waals surface area contributed by atoms with Gasteiger partial charge in [-0.25, -0.2) is 0 Å². The molecule has 3 rings (SSSR count). The van der Waals surface area contributed by atoms with Gasteiger partial charge in [-0.1, -0.05) is 49.7 Å². The van der Waals surface area contributed by atoms with E-state index >= 15 is 0 Å². The summed E-state index contributed by atoms with van der Waals surface area (Å²) in [5.74, 6) is 0.126. The molecule has 4 nitrogen and oxygen atoms in total. The lowest BCUT2D eigenvalue weighted by atomic mass is 10.0. The number of nitrogens with zero attached hydrogens (tertiary/aromatic N) is 2. The van der Waals surface area contributed by atoms with Crippen LogP contribution in [-0.4, -0.2) is 30.3 Å². The molecule has 0 saturated carbocycles. The minimum absolute atomic E-state index is 0.00167. The van der Waals surface area contributed by atoms with E-state index in [9.17, 15) is 9.59 Å². The minimum atomic E-state index is -0.313. The maximum absolute atomic E-state index is 12.8. The van der Waals surface area contributed by atoms with Crippen molar-refractivity contribution in [3.8, 4) is 0 Å². The largest absolute Gasteiger partial charge is 0.341 e. The van der Waals surface area contributed by atoms with E-state index in [1.807, 2.05) is 48.5 Å². The molecule has 1 heterocycles. The van der Waals surface area contributed by atoms with Gasteiger partial charge in [0.2, 0.25) is 11.8 Å². The van der Waals surface area contributed by atoms with Gasteiger partial charge in [0, 0.05) is 37.3 Å². The smallest absolute Gasteiger partial charge is 0.228 e. The third-order valence-electron chi connectivity index (χ3n) is 5.03. The van der Waals surface area contributed by atoms with Gasteiger partial charge in [0.15, 0.2) is 0 Å². The van der Waals surface area contributed by atoms with Gasteiger partial charge < -0.3 is 9.80 Å². The van der Waals surface area contributed by atoms with E-state index in [2.05, 4.69) is 13.8 Å². The zero-order valence-electron chi connectivity index (χ0n) is 16.0. The number of benzene rings is 2. The number of hydrogen-bond donors (Lipinski definition) is 0. The average Bonchev–Trinajstić information content (AvgIpc) is 3.02. The summed E-state index contributed by atoms with van der Waals surface area (Å²) in [7, 11) is 1.77. The highest BCUT2D eigenvalue weighted by Crippen LogP contribution is 2.28. The molecule has 142 valence electrons. The van der Waals surface area contributed by atoms with Crippen molar-refractivity contribution in [1.29, 1.82) is 0 Å². The standard InChI is InChI=1S/C22H25ClN2O2/c1-15(2)17-7-9-20(10-8-17)25-14-18(12-21(25)26)22(27)24(3)13-16-5-4-6-19(23)11-16/h4-11,15,18H,12-14H2,1-3H3. The lowest BCUT2D eigenvalue weighted by Gasteiger charge is -2.22. The van der Waals surface area contributed by atoms with Crippen molar-refractivity contribution in [3.63, 3.8) is 0 Å². The van der Waals surface area contributed by atoms with Gasteiger partial charge in [0.05, 0.1) is 5.92 Å². The maximum atomic E-state index is 12.8. The van der Waals surface area contributed by atoms with Gasteiger partial charge in [-0.05, 0) is 41.3 Å². The van der Waals surface area contributed by atoms with Crippen LogP contribution >= 0.6 is 11.6 Å². The van der Waals surface area contributed by atoms with Gasteiger partial charge in [0.1, 0.15) is 0 Å². The first-order valence-electron chi connectivity index (χ1n) is 9.25. The fraction of sp³-hybridized carbons (Fsp3) is 0.364. The van der Waals surface area contributed by atoms with E-state index in [1.165, 1.54) is 5.56 Å². The Morgan fingerprint density at radius 2 is 1.93 bits per heavy atom. The summed E-state index contributed by atoms with van der Waals surface area (Å²) < 4.78 is 0. The van der Waals surface area contributed by atoms with E-state index in [-0.39, 0.29) is 24.2 Å². The second kappa shape index (κ2) is 8.13. The number of carbonyl (C=O) groups is 2. The lowest BCUT2D eigenvalue weighted by Crippen LogP contribution is -2.34. The molecular formula is C22H25ClN2O2. The first-order chi connectivity index (χ1) is 12.8. The highest BCUT2D eigenvalue weighted by Gasteiger charge is 2.36. The maximum Gasteiger partial charge on any atom is 0.228 e. The number of hydrogen-bond acceptors (Lipinski definition) is 2. The van der Waals surface area contributed by atoms with Crippen molar-refractivity contribution in [2.24, 2.45) is 5.92 Å². The predicted molar refractivity (Wildman–Crippen MR) is 109 cm³/mol. The van der Waals surface area contributed by atoms with Crippen LogP contribution in [0.25, 0.3) is 0 Å². The molecule has 0 bridgehead atoms. The molecule has 0 N–H and O–H groups in total. The third kappa shape index (κ3) is 4.51. The summed E-state index contributed by atoms with van der Waals surface area (Å²) in [6, 6.07) is 15.5. The summed E-state index contributed by atoms with van der Waals surface area (Å²) in [5.41, 5.74) is 3.07. The molecule has 0 aromatic heterocycles. The SMILES string of the molecule is CC(C)c1ccc(N2CC(C(=O)N(C)Cc3cccc(Cl)c3)CC2=O)cc1. The van der Waals surface area contributed by atoms with E-state index in [1.54, 1.807) is 16.8 Å². The second-order valence-electron chi connectivity index (χ2n) is 7.48. The third-order valence-corrected chi connectivity index (χ3v) is 5.27. The summed E-state index contributed by atoms with van der Waals surface area (Å²) in [4.78, 5) is 28.7. The summed E-state index contributed by atoms with van der Waals surface area (Å²) >= 11 is 6.02. The molecule has 5 heteroatoms. The molecule has 0 radical (unpaired) electrons. The van der Waals surface area contributed by atoms with Gasteiger partial charge in [-0.3, -0.25) is 9.59 Å². The summed E-state index contributed by atoms with van der Waals surface area (Å²) in [5, 5.41) is 0.653. The van der Waals surface area contributed by atoms with Crippen LogP contribution in [0, 0.1) is 5.92 Å². The molecule has 1 fully saturated rings. The van der Waals surface area contributed by atoms with E-state index in [4.69, 9.17) is 11.6 Å². The molecule has 2 aromatic rings. The van der Waals surface area contributed by atoms with Crippen molar-refractivity contribution in [3.05, 3.63) is 64.7 Å². The molecule has 0 aliphatic carbocycles. The summed E-state index contributed by atoms with van der Waals surface area (Å²) in [6.45, 7) is 5.19. The Labute approximate surface area is 165 Å². The van der Waals surface area contributed by atoms with E-state index < -0.39 is 0 Å². The van der Waals surface area contributed by atoms with Gasteiger partial charge in [-0.15, -0.1) is 0 Å². The Morgan fingerprint density at radius 3 is 2.56 bits per heavy atom. The molecule has 1 aliphatic heterocycles. The van der Waals surface area contributed by atoms with Crippen molar-refractivity contribution < 1.29 is 9.59 Å². The highest BCUT2D eigenvalue weighted by atomic mass is 35.5. The van der Waals surface area contributed by atoms with E-state index in [0.717, 1.165) is 11.3 Å². The minimum Gasteiger partial charge on any atom is -0.341 e. The van der Waals surface area contributed by atoms with Crippen LogP contribution in [0.3, 0.4) is 0 Å². The number of rotatable bonds is 5. The fourth-order valence-corrected chi connectivity index (χ4v) is 3.67. The molecule has 27 heavy (non-hydrogen) atoms. The Kier molecular flexibility index (Phi) is 5.85. The fourth-order valence-electron chi connectivity index (χ4n) is 3.46. The van der Waals surface area contributed by atoms with Gasteiger partial charge in [0.25, 0.3) is 0 Å². The zero-order chi connectivity index (χ0) is 19.6. The number of carbonyl (C=O) groups excluding carboxylic acids is 2. The number of anilines is 1. The monoisotopic (exact) mass is 384 g/mol. The zero-order valence-corrected chi connectivity index (χ0v) is 16.7. The van der Waals surface area contributed by atoms with Crippen molar-refractivity contribution in [1.82, 2.24) is 4.90 Å². The van der Waals surface area contributed by atoms with Gasteiger partial charge >= 0.3 is 0 Å². The second-order valence-corrected chi connectivity index (χ2v) is 7.91. The number of halogens is 1. The van der Waals surface area contributed by atoms with Crippen LogP contribution in [-0.2, 0) is 16.1 Å². The predicted octanol–water partition coefficient (Wildman–Crippen LogP) is 4.47. The molecular weight excluding hydrogens is 360 g/mol. The van der Waals surface area contributed by atoms with Crippen LogP contribution in [0.4, 0.5) is 5.69 Å². The van der Waals surface area contributed by atoms with Crippen LogP contribution in [0.2, 0.25) is 5.02 Å². The number of amides is 2. The molecule has 0 spiro atoms. The lowest BCUT2D eigenvalue weighted by molar-refractivity contribution is -0.135. The van der Waals surface area contributed by atoms with Crippen molar-refractivity contribution in [2.75, 3.05) is 18.5 Å². The molecule has 1 aliphatic rings. The van der Waals surface area contributed by atoms with Crippen LogP contribution < -0.4 is 4.90 Å². The van der Waals surface area contributed by atoms with E-state index in [0.29, 0.717) is 24.0 Å². The molecule has 1 unspecified atom stereocenters. The highest BCUT2D eigenvalue weighted by molar-refractivity contribution is 6.30. The van der Waals surface area contributed by atoms with Crippen molar-refractivity contribution >= 4 is 29.1 Å². The summed E-state index contributed by atoms with van der Waals surface area (Å²) in [6.07, 6.45) is 0.255. The van der Waals surface area contributed by atoms with Crippen LogP contribution in [0.5, 0.6) is 0 Å². The molecule has 2 aromatic carbocycles. The Hall–Kier alpha value is -2.33. The first-order valence-corrected chi connectivity index (χ1v) is 9.62. The van der Waals surface area contributed by atoms with Crippen molar-refractivity contribution in [2.45, 2.75) is 32.7 Å². The average molecular weight is 385 g/mol. The molecule has 1 atom stereocenters. The Balaban J connectivity index is 1.66. The molecule has 2 amide bonds. The van der Waals surface area contributed by atoms with Crippen LogP contribution in [0.1, 0.15) is 37.3 Å². The Bertz CT molecular complexity index is 832. The Morgan fingerprint density at radius 1 is 1.22 bits per heavy atom. The molecule has 1 saturated heterocycles. The first kappa shape index (κ1) is 19.4. The topological polar surface area (TPSA) is 40.6 Å².